The third kappa shape index (κ3) is 7.78. The van der Waals surface area contributed by atoms with E-state index >= 15 is 0 Å². The largest absolute Gasteiger partial charge is 0.490 e. The Morgan fingerprint density at radius 3 is 2.27 bits per heavy atom. The van der Waals surface area contributed by atoms with Crippen molar-refractivity contribution < 1.29 is 31.8 Å². The molecule has 1 unspecified atom stereocenters. The molecule has 1 aromatic heterocycles. The first-order valence-corrected chi connectivity index (χ1v) is 13.9. The number of hydrazine groups is 1. The summed E-state index contributed by atoms with van der Waals surface area (Å²) in [6, 6.07) is 14.8. The number of aliphatic hydroxyl groups is 1. The maximum absolute atomic E-state index is 14.6. The van der Waals surface area contributed by atoms with Crippen LogP contribution in [0.3, 0.4) is 0 Å². The molecule has 4 aromatic rings. The Labute approximate surface area is 254 Å². The normalized spacial score (nSPS) is 15.5. The zero-order valence-electron chi connectivity index (χ0n) is 23.1. The molecule has 3 aromatic carbocycles. The molecule has 9 nitrogen and oxygen atoms in total. The summed E-state index contributed by atoms with van der Waals surface area (Å²) in [5.74, 6) is -1.23. The van der Waals surface area contributed by atoms with Gasteiger partial charge in [-0.3, -0.25) is 5.43 Å². The van der Waals surface area contributed by atoms with E-state index in [1.54, 1.807) is 12.1 Å². The molecule has 232 valence electrons. The van der Waals surface area contributed by atoms with Gasteiger partial charge in [-0.25, -0.2) is 23.5 Å². The molecule has 3 N–H and O–H groups in total. The average molecular weight is 634 g/mol. The van der Waals surface area contributed by atoms with Gasteiger partial charge in [-0.1, -0.05) is 6.07 Å². The second kappa shape index (κ2) is 13.1. The lowest BCUT2D eigenvalue weighted by Crippen LogP contribution is -2.54. The van der Waals surface area contributed by atoms with Crippen molar-refractivity contribution in [3.8, 4) is 5.75 Å². The van der Waals surface area contributed by atoms with Gasteiger partial charge >= 0.3 is 6.18 Å². The van der Waals surface area contributed by atoms with Gasteiger partial charge in [0.05, 0.1) is 12.1 Å². The van der Waals surface area contributed by atoms with Crippen molar-refractivity contribution in [2.24, 2.45) is 0 Å². The second-order valence-electron chi connectivity index (χ2n) is 10.1. The zero-order valence-corrected chi connectivity index (χ0v) is 24.0. The van der Waals surface area contributed by atoms with Gasteiger partial charge in [0.25, 0.3) is 0 Å². The summed E-state index contributed by atoms with van der Waals surface area (Å²) < 4.78 is 73.7. The summed E-state index contributed by atoms with van der Waals surface area (Å²) in [4.78, 5) is 6.00. The van der Waals surface area contributed by atoms with E-state index in [2.05, 4.69) is 25.7 Å². The molecule has 15 heteroatoms. The van der Waals surface area contributed by atoms with Gasteiger partial charge in [0.15, 0.2) is 5.11 Å². The number of thiocarbonyl (C=S) groups is 1. The molecule has 1 atom stereocenters. The maximum Gasteiger partial charge on any atom is 0.416 e. The fraction of sp³-hybridized carbons (Fsp3) is 0.276. The molecule has 1 aliphatic rings. The Morgan fingerprint density at radius 2 is 1.66 bits per heavy atom. The Morgan fingerprint density at radius 1 is 0.955 bits per heavy atom. The molecule has 44 heavy (non-hydrogen) atoms. The van der Waals surface area contributed by atoms with Gasteiger partial charge in [0, 0.05) is 49.2 Å². The quantitative estimate of drug-likeness (QED) is 0.181. The molecule has 1 saturated heterocycles. The number of nitrogens with one attached hydrogen (secondary N) is 2. The number of benzene rings is 3. The molecule has 0 aliphatic carbocycles. The number of piperazine rings is 1. The van der Waals surface area contributed by atoms with Gasteiger partial charge in [-0.05, 0) is 66.8 Å². The Kier molecular flexibility index (Phi) is 9.27. The van der Waals surface area contributed by atoms with Gasteiger partial charge in [0.1, 0.15) is 42.2 Å². The number of halogens is 5. The van der Waals surface area contributed by atoms with Gasteiger partial charge < -0.3 is 20.1 Å². The highest BCUT2D eigenvalue weighted by molar-refractivity contribution is 7.80. The van der Waals surface area contributed by atoms with Crippen LogP contribution in [0.1, 0.15) is 11.1 Å². The SMILES string of the molecule is OC(COc1ccc(N2CCN(NC(=S)Nc3ccc(C(F)(F)F)cc3)CC2)cc1)(Cn1cncn1)c1ccc(F)cc1F. The van der Waals surface area contributed by atoms with Crippen LogP contribution in [-0.2, 0) is 18.3 Å². The number of nitrogens with zero attached hydrogens (tertiary/aromatic N) is 5. The van der Waals surface area contributed by atoms with Crippen LogP contribution < -0.4 is 20.4 Å². The lowest BCUT2D eigenvalue weighted by Gasteiger charge is -2.36. The number of hydrogen-bond acceptors (Lipinski definition) is 7. The van der Waals surface area contributed by atoms with E-state index in [0.29, 0.717) is 43.7 Å². The molecular weight excluding hydrogens is 605 g/mol. The van der Waals surface area contributed by atoms with Crippen molar-refractivity contribution in [2.75, 3.05) is 43.0 Å². The summed E-state index contributed by atoms with van der Waals surface area (Å²) in [7, 11) is 0. The smallest absolute Gasteiger partial charge is 0.416 e. The van der Waals surface area contributed by atoms with E-state index in [1.165, 1.54) is 35.5 Å². The molecule has 2 heterocycles. The maximum atomic E-state index is 14.6. The first-order valence-electron chi connectivity index (χ1n) is 13.5. The number of ether oxygens (including phenoxy) is 1. The van der Waals surface area contributed by atoms with Crippen molar-refractivity contribution in [1.82, 2.24) is 25.2 Å². The topological polar surface area (TPSA) is 90.7 Å². The fourth-order valence-electron chi connectivity index (χ4n) is 4.74. The Balaban J connectivity index is 1.13. The first-order chi connectivity index (χ1) is 21.0. The molecule has 0 bridgehead atoms. The zero-order chi connectivity index (χ0) is 31.3. The molecule has 0 radical (unpaired) electrons. The highest BCUT2D eigenvalue weighted by atomic mass is 32.1. The third-order valence-corrected chi connectivity index (χ3v) is 7.20. The van der Waals surface area contributed by atoms with E-state index < -0.39 is 29.0 Å². The van der Waals surface area contributed by atoms with Crippen LogP contribution in [0.2, 0.25) is 0 Å². The minimum Gasteiger partial charge on any atom is -0.490 e. The van der Waals surface area contributed by atoms with Gasteiger partial charge in [0.2, 0.25) is 0 Å². The van der Waals surface area contributed by atoms with Crippen molar-refractivity contribution in [2.45, 2.75) is 18.3 Å². The lowest BCUT2D eigenvalue weighted by atomic mass is 9.94. The lowest BCUT2D eigenvalue weighted by molar-refractivity contribution is -0.137. The Bertz CT molecular complexity index is 1550. The summed E-state index contributed by atoms with van der Waals surface area (Å²) in [5.41, 5.74) is 1.71. The van der Waals surface area contributed by atoms with Crippen molar-refractivity contribution in [1.29, 1.82) is 0 Å². The highest BCUT2D eigenvalue weighted by Gasteiger charge is 2.35. The Hall–Kier alpha value is -4.34. The van der Waals surface area contributed by atoms with Crippen LogP contribution in [0.15, 0.2) is 79.4 Å². The highest BCUT2D eigenvalue weighted by Crippen LogP contribution is 2.30. The monoisotopic (exact) mass is 633 g/mol. The van der Waals surface area contributed by atoms with E-state index in [1.807, 2.05) is 17.1 Å². The molecular formula is C29H28F5N7O2S. The molecule has 5 rings (SSSR count). The predicted molar refractivity (Wildman–Crippen MR) is 157 cm³/mol. The van der Waals surface area contributed by atoms with Crippen LogP contribution >= 0.6 is 12.2 Å². The second-order valence-corrected chi connectivity index (χ2v) is 10.6. The number of anilines is 2. The van der Waals surface area contributed by atoms with E-state index in [0.717, 1.165) is 23.9 Å². The molecule has 0 saturated carbocycles. The third-order valence-electron chi connectivity index (χ3n) is 7.01. The van der Waals surface area contributed by atoms with E-state index in [-0.39, 0.29) is 23.8 Å². The summed E-state index contributed by atoms with van der Waals surface area (Å²) in [6.45, 7) is 2.06. The standard InChI is InChI=1S/C29H28F5N7O2S/c30-21-3-10-25(26(31)15-21)28(42,16-41-19-35-18-36-41)17-43-24-8-6-23(7-9-24)39-11-13-40(14-12-39)38-27(44)37-22-4-1-20(2-5-22)29(32,33)34/h1-10,15,18-19,42H,11-14,16-17H2,(H2,37,38,44). The fourth-order valence-corrected chi connectivity index (χ4v) is 4.98. The summed E-state index contributed by atoms with van der Waals surface area (Å²) >= 11 is 5.31. The van der Waals surface area contributed by atoms with Crippen LogP contribution in [0.5, 0.6) is 5.75 Å². The van der Waals surface area contributed by atoms with Crippen molar-refractivity contribution >= 4 is 28.7 Å². The van der Waals surface area contributed by atoms with Crippen LogP contribution in [0.4, 0.5) is 33.3 Å². The van der Waals surface area contributed by atoms with E-state index in [4.69, 9.17) is 17.0 Å². The van der Waals surface area contributed by atoms with E-state index in [9.17, 15) is 27.1 Å². The molecule has 1 fully saturated rings. The van der Waals surface area contributed by atoms with Gasteiger partial charge in [-0.15, -0.1) is 0 Å². The van der Waals surface area contributed by atoms with Crippen LogP contribution in [0.25, 0.3) is 0 Å². The minimum atomic E-state index is -4.40. The molecule has 0 spiro atoms. The van der Waals surface area contributed by atoms with Crippen LogP contribution in [0, 0.1) is 11.6 Å². The number of hydrogen-bond donors (Lipinski definition) is 3. The minimum absolute atomic E-state index is 0.133. The number of rotatable bonds is 9. The van der Waals surface area contributed by atoms with Crippen LogP contribution in [-0.4, -0.2) is 62.8 Å². The molecule has 0 amide bonds. The summed E-state index contributed by atoms with van der Waals surface area (Å²) in [5, 5.41) is 20.5. The average Bonchev–Trinajstić information content (AvgIpc) is 3.49. The summed E-state index contributed by atoms with van der Waals surface area (Å²) in [6.07, 6.45) is -1.74. The van der Waals surface area contributed by atoms with Crippen molar-refractivity contribution in [3.05, 3.63) is 102 Å². The van der Waals surface area contributed by atoms with Crippen molar-refractivity contribution in [3.63, 3.8) is 0 Å². The first kappa shape index (κ1) is 31.1. The predicted octanol–water partition coefficient (Wildman–Crippen LogP) is 4.57. The number of alkyl halides is 3. The number of aromatic nitrogens is 3. The molecule has 1 aliphatic heterocycles. The van der Waals surface area contributed by atoms with Gasteiger partial charge in [-0.2, -0.15) is 18.3 Å².